The van der Waals surface area contributed by atoms with E-state index in [9.17, 15) is 9.59 Å². The number of anilines is 1. The van der Waals surface area contributed by atoms with Crippen LogP contribution in [0.1, 0.15) is 25.8 Å². The van der Waals surface area contributed by atoms with Gasteiger partial charge < -0.3 is 4.90 Å². The Morgan fingerprint density at radius 1 is 1.03 bits per heavy atom. The Bertz CT molecular complexity index is 1160. The summed E-state index contributed by atoms with van der Waals surface area (Å²) in [6.45, 7) is 6.72. The van der Waals surface area contributed by atoms with Gasteiger partial charge in [0.05, 0.1) is 6.54 Å². The maximum Gasteiger partial charge on any atom is 0.332 e. The Hall–Kier alpha value is -2.54. The van der Waals surface area contributed by atoms with Gasteiger partial charge in [0.1, 0.15) is 0 Å². The van der Waals surface area contributed by atoms with Crippen molar-refractivity contribution in [2.75, 3.05) is 18.0 Å². The van der Waals surface area contributed by atoms with Crippen molar-refractivity contribution < 1.29 is 0 Å². The van der Waals surface area contributed by atoms with E-state index in [1.807, 2.05) is 28.8 Å². The number of hydrogen-bond donors (Lipinski definition) is 0. The predicted octanol–water partition coefficient (Wildman–Crippen LogP) is 2.62. The van der Waals surface area contributed by atoms with Crippen molar-refractivity contribution in [1.82, 2.24) is 18.7 Å². The summed E-state index contributed by atoms with van der Waals surface area (Å²) in [6.07, 6.45) is 1.17. The first-order chi connectivity index (χ1) is 13.8. The normalized spacial score (nSPS) is 19.8. The molecule has 3 aromatic rings. The molecule has 29 heavy (non-hydrogen) atoms. The van der Waals surface area contributed by atoms with Crippen LogP contribution in [-0.4, -0.2) is 31.8 Å². The second-order valence-corrected chi connectivity index (χ2v) is 8.79. The van der Waals surface area contributed by atoms with Gasteiger partial charge in [0.2, 0.25) is 5.95 Å². The van der Waals surface area contributed by atoms with Gasteiger partial charge in [-0.3, -0.25) is 18.5 Å². The van der Waals surface area contributed by atoms with Crippen LogP contribution in [0.25, 0.3) is 11.2 Å². The first kappa shape index (κ1) is 19.8. The van der Waals surface area contributed by atoms with E-state index in [1.54, 1.807) is 7.05 Å². The maximum absolute atomic E-state index is 13.0. The van der Waals surface area contributed by atoms with Gasteiger partial charge in [0.15, 0.2) is 11.2 Å². The van der Waals surface area contributed by atoms with Crippen molar-refractivity contribution in [3.63, 3.8) is 0 Å². The number of fused-ring (bicyclic) bond motifs is 1. The number of hydrogen-bond acceptors (Lipinski definition) is 4. The van der Waals surface area contributed by atoms with E-state index in [2.05, 4.69) is 18.7 Å². The summed E-state index contributed by atoms with van der Waals surface area (Å²) in [5, 5.41) is 0.668. The molecule has 0 spiro atoms. The van der Waals surface area contributed by atoms with E-state index in [0.717, 1.165) is 29.2 Å². The van der Waals surface area contributed by atoms with Gasteiger partial charge in [-0.05, 0) is 36.0 Å². The second kappa shape index (κ2) is 7.37. The fourth-order valence-corrected chi connectivity index (χ4v) is 4.55. The third-order valence-corrected chi connectivity index (χ3v) is 5.99. The van der Waals surface area contributed by atoms with Gasteiger partial charge in [0.25, 0.3) is 5.56 Å². The molecule has 154 valence electrons. The van der Waals surface area contributed by atoms with Crippen LogP contribution in [0.3, 0.4) is 0 Å². The number of halogens is 1. The molecule has 8 heteroatoms. The lowest BCUT2D eigenvalue weighted by atomic mass is 9.92. The Kier molecular flexibility index (Phi) is 5.02. The van der Waals surface area contributed by atoms with Crippen LogP contribution in [-0.2, 0) is 20.6 Å². The van der Waals surface area contributed by atoms with Crippen LogP contribution in [0.4, 0.5) is 5.95 Å². The van der Waals surface area contributed by atoms with Crippen LogP contribution in [0.5, 0.6) is 0 Å². The molecule has 0 saturated carbocycles. The second-order valence-electron chi connectivity index (χ2n) is 8.35. The molecule has 0 N–H and O–H groups in total. The van der Waals surface area contributed by atoms with Gasteiger partial charge in [-0.1, -0.05) is 37.6 Å². The smallest absolute Gasteiger partial charge is 0.332 e. The highest BCUT2D eigenvalue weighted by atomic mass is 35.5. The van der Waals surface area contributed by atoms with Crippen molar-refractivity contribution >= 4 is 28.7 Å². The minimum atomic E-state index is -0.370. The van der Waals surface area contributed by atoms with Crippen LogP contribution in [0.15, 0.2) is 33.9 Å². The average molecular weight is 416 g/mol. The van der Waals surface area contributed by atoms with Gasteiger partial charge >= 0.3 is 5.69 Å². The maximum atomic E-state index is 13.0. The highest BCUT2D eigenvalue weighted by Crippen LogP contribution is 2.28. The molecule has 1 aliphatic heterocycles. The molecule has 0 amide bonds. The third-order valence-electron chi connectivity index (χ3n) is 5.73. The Morgan fingerprint density at radius 2 is 1.66 bits per heavy atom. The molecule has 3 heterocycles. The van der Waals surface area contributed by atoms with E-state index >= 15 is 0 Å². The van der Waals surface area contributed by atoms with Gasteiger partial charge in [-0.15, -0.1) is 0 Å². The highest BCUT2D eigenvalue weighted by molar-refractivity contribution is 6.30. The summed E-state index contributed by atoms with van der Waals surface area (Å²) in [7, 11) is 3.17. The van der Waals surface area contributed by atoms with Crippen molar-refractivity contribution in [3.8, 4) is 0 Å². The Labute approximate surface area is 174 Å². The van der Waals surface area contributed by atoms with Crippen molar-refractivity contribution in [1.29, 1.82) is 0 Å². The number of imidazole rings is 1. The SMILES string of the molecule is C[C@@H]1C[C@@H](C)CN(c2nc3c(c(=O)n(C)c(=O)n3C)n2Cc2ccc(Cl)cc2)C1. The van der Waals surface area contributed by atoms with Gasteiger partial charge in [0, 0.05) is 32.2 Å². The summed E-state index contributed by atoms with van der Waals surface area (Å²) < 4.78 is 4.55. The third kappa shape index (κ3) is 3.48. The molecule has 0 radical (unpaired) electrons. The minimum absolute atomic E-state index is 0.325. The quantitative estimate of drug-likeness (QED) is 0.659. The number of piperidine rings is 1. The van der Waals surface area contributed by atoms with E-state index in [0.29, 0.717) is 34.6 Å². The molecule has 1 saturated heterocycles. The molecule has 2 atom stereocenters. The largest absolute Gasteiger partial charge is 0.342 e. The summed E-state index contributed by atoms with van der Waals surface area (Å²) in [6, 6.07) is 7.58. The van der Waals surface area contributed by atoms with Crippen LogP contribution in [0.2, 0.25) is 5.02 Å². The zero-order valence-corrected chi connectivity index (χ0v) is 18.0. The van der Waals surface area contributed by atoms with Crippen molar-refractivity contribution in [2.45, 2.75) is 26.8 Å². The highest BCUT2D eigenvalue weighted by Gasteiger charge is 2.28. The molecular weight excluding hydrogens is 390 g/mol. The van der Waals surface area contributed by atoms with Crippen LogP contribution >= 0.6 is 11.6 Å². The number of rotatable bonds is 3. The Morgan fingerprint density at radius 3 is 2.28 bits per heavy atom. The molecule has 2 aromatic heterocycles. The molecule has 0 aliphatic carbocycles. The van der Waals surface area contributed by atoms with Gasteiger partial charge in [-0.2, -0.15) is 4.98 Å². The fraction of sp³-hybridized carbons (Fsp3) is 0.476. The lowest BCUT2D eigenvalue weighted by Gasteiger charge is -2.35. The molecular formula is C21H26ClN5O2. The minimum Gasteiger partial charge on any atom is -0.342 e. The molecule has 1 fully saturated rings. The monoisotopic (exact) mass is 415 g/mol. The lowest BCUT2D eigenvalue weighted by molar-refractivity contribution is 0.352. The summed E-state index contributed by atoms with van der Waals surface area (Å²) in [5.41, 5.74) is 1.20. The fourth-order valence-electron chi connectivity index (χ4n) is 4.42. The van der Waals surface area contributed by atoms with Crippen LogP contribution in [0, 0.1) is 11.8 Å². The topological polar surface area (TPSA) is 65.1 Å². The Balaban J connectivity index is 1.95. The summed E-state index contributed by atoms with van der Waals surface area (Å²) in [5.74, 6) is 1.81. The zero-order valence-electron chi connectivity index (χ0n) is 17.2. The summed E-state index contributed by atoms with van der Waals surface area (Å²) in [4.78, 5) is 32.5. The van der Waals surface area contributed by atoms with Gasteiger partial charge in [-0.25, -0.2) is 4.79 Å². The average Bonchev–Trinajstić information content (AvgIpc) is 3.05. The molecule has 7 nitrogen and oxygen atoms in total. The number of nitrogens with zero attached hydrogens (tertiary/aromatic N) is 5. The predicted molar refractivity (Wildman–Crippen MR) is 116 cm³/mol. The van der Waals surface area contributed by atoms with E-state index in [-0.39, 0.29) is 11.2 Å². The molecule has 1 aliphatic rings. The molecule has 0 bridgehead atoms. The first-order valence-corrected chi connectivity index (χ1v) is 10.3. The molecule has 1 aromatic carbocycles. The van der Waals surface area contributed by atoms with E-state index in [1.165, 1.54) is 18.0 Å². The standard InChI is InChI=1S/C21H26ClN5O2/c1-13-9-14(2)11-26(10-13)20-23-18-17(19(28)25(4)21(29)24(18)3)27(20)12-15-5-7-16(22)8-6-15/h5-8,13-14H,9-12H2,1-4H3/t13-,14-/m1/s1. The molecule has 0 unspecified atom stereocenters. The number of aryl methyl sites for hydroxylation is 1. The number of aromatic nitrogens is 4. The lowest BCUT2D eigenvalue weighted by Crippen LogP contribution is -2.40. The van der Waals surface area contributed by atoms with E-state index < -0.39 is 0 Å². The van der Waals surface area contributed by atoms with E-state index in [4.69, 9.17) is 16.6 Å². The van der Waals surface area contributed by atoms with Crippen molar-refractivity contribution in [3.05, 3.63) is 55.7 Å². The number of benzene rings is 1. The zero-order chi connectivity index (χ0) is 20.9. The first-order valence-electron chi connectivity index (χ1n) is 9.92. The molecule has 4 rings (SSSR count). The van der Waals surface area contributed by atoms with Crippen LogP contribution < -0.4 is 16.1 Å². The summed E-state index contributed by atoms with van der Waals surface area (Å²) >= 11 is 6.04. The van der Waals surface area contributed by atoms with Crippen molar-refractivity contribution in [2.24, 2.45) is 25.9 Å².